The summed E-state index contributed by atoms with van der Waals surface area (Å²) < 4.78 is 4.95. The van der Waals surface area contributed by atoms with E-state index < -0.39 is 0 Å². The van der Waals surface area contributed by atoms with E-state index in [9.17, 15) is 4.79 Å². The quantitative estimate of drug-likeness (QED) is 0.819. The zero-order chi connectivity index (χ0) is 14.4. The van der Waals surface area contributed by atoms with E-state index >= 15 is 0 Å². The molecular formula is C15H21ClN2O2. The molecule has 0 aliphatic carbocycles. The Hall–Kier alpha value is -1.10. The lowest BCUT2D eigenvalue weighted by molar-refractivity contribution is -0.131. The first-order valence-electron chi connectivity index (χ1n) is 6.97. The number of hydrogen-bond acceptors (Lipinski definition) is 3. The summed E-state index contributed by atoms with van der Waals surface area (Å²) in [6.07, 6.45) is 2.01. The molecule has 2 rings (SSSR count). The van der Waals surface area contributed by atoms with E-state index in [1.165, 1.54) is 0 Å². The molecule has 1 aliphatic heterocycles. The number of methoxy groups -OCH3 is 1. The molecule has 1 atom stereocenters. The van der Waals surface area contributed by atoms with E-state index in [1.54, 1.807) is 7.11 Å². The van der Waals surface area contributed by atoms with Crippen molar-refractivity contribution in [1.82, 2.24) is 10.2 Å². The van der Waals surface area contributed by atoms with Crippen LogP contribution in [0.25, 0.3) is 0 Å². The van der Waals surface area contributed by atoms with Gasteiger partial charge >= 0.3 is 0 Å². The Bertz CT molecular complexity index is 453. The molecule has 1 aromatic rings. The van der Waals surface area contributed by atoms with Gasteiger partial charge in [-0.25, -0.2) is 0 Å². The molecule has 1 aromatic carbocycles. The molecule has 4 nitrogen and oxygen atoms in total. The molecule has 20 heavy (non-hydrogen) atoms. The highest BCUT2D eigenvalue weighted by Crippen LogP contribution is 2.35. The summed E-state index contributed by atoms with van der Waals surface area (Å²) in [7, 11) is 1.65. The maximum atomic E-state index is 12.3. The fourth-order valence-corrected chi connectivity index (χ4v) is 2.87. The first-order chi connectivity index (χ1) is 9.74. The number of nitrogens with zero attached hydrogens (tertiary/aromatic N) is 1. The van der Waals surface area contributed by atoms with E-state index in [-0.39, 0.29) is 11.9 Å². The fraction of sp³-hybridized carbons (Fsp3) is 0.533. The van der Waals surface area contributed by atoms with Gasteiger partial charge in [-0.3, -0.25) is 4.79 Å². The van der Waals surface area contributed by atoms with E-state index in [0.717, 1.165) is 30.0 Å². The third-order valence-electron chi connectivity index (χ3n) is 3.60. The summed E-state index contributed by atoms with van der Waals surface area (Å²) in [5.74, 6) is 0.128. The normalized spacial score (nSPS) is 18.5. The van der Waals surface area contributed by atoms with Crippen LogP contribution in [-0.2, 0) is 9.53 Å². The average Bonchev–Trinajstić information content (AvgIpc) is 2.93. The van der Waals surface area contributed by atoms with Gasteiger partial charge in [0.05, 0.1) is 19.2 Å². The van der Waals surface area contributed by atoms with Crippen LogP contribution in [0.4, 0.5) is 0 Å². The van der Waals surface area contributed by atoms with Crippen LogP contribution in [0, 0.1) is 0 Å². The molecule has 1 N–H and O–H groups in total. The predicted octanol–water partition coefficient (Wildman–Crippen LogP) is 2.24. The van der Waals surface area contributed by atoms with Crippen molar-refractivity contribution >= 4 is 17.5 Å². The average molecular weight is 297 g/mol. The van der Waals surface area contributed by atoms with Crippen LogP contribution in [0.15, 0.2) is 24.3 Å². The van der Waals surface area contributed by atoms with Gasteiger partial charge in [0, 0.05) is 25.2 Å². The Labute approximate surface area is 125 Å². The number of halogens is 1. The molecule has 1 saturated heterocycles. The third-order valence-corrected chi connectivity index (χ3v) is 3.94. The molecule has 1 fully saturated rings. The molecule has 0 saturated carbocycles. The highest BCUT2D eigenvalue weighted by atomic mass is 35.5. The second kappa shape index (κ2) is 7.62. The molecule has 1 amide bonds. The van der Waals surface area contributed by atoms with Gasteiger partial charge in [0.2, 0.25) is 5.91 Å². The van der Waals surface area contributed by atoms with Crippen molar-refractivity contribution in [3.05, 3.63) is 34.9 Å². The highest BCUT2D eigenvalue weighted by molar-refractivity contribution is 6.31. The summed E-state index contributed by atoms with van der Waals surface area (Å²) in [6.45, 7) is 2.46. The fourth-order valence-electron chi connectivity index (χ4n) is 2.60. The monoisotopic (exact) mass is 296 g/mol. The minimum absolute atomic E-state index is 0.112. The largest absolute Gasteiger partial charge is 0.383 e. The van der Waals surface area contributed by atoms with Crippen LogP contribution in [0.3, 0.4) is 0 Å². The lowest BCUT2D eigenvalue weighted by Crippen LogP contribution is -2.38. The van der Waals surface area contributed by atoms with E-state index in [1.807, 2.05) is 29.2 Å². The van der Waals surface area contributed by atoms with Crippen molar-refractivity contribution in [1.29, 1.82) is 0 Å². The molecule has 1 heterocycles. The summed E-state index contributed by atoms with van der Waals surface area (Å²) >= 11 is 6.25. The minimum atomic E-state index is 0.112. The van der Waals surface area contributed by atoms with Crippen LogP contribution in [0.2, 0.25) is 5.02 Å². The van der Waals surface area contributed by atoms with Crippen molar-refractivity contribution in [2.75, 3.05) is 33.4 Å². The van der Waals surface area contributed by atoms with E-state index in [4.69, 9.17) is 16.3 Å². The smallest absolute Gasteiger partial charge is 0.237 e. The molecule has 1 aliphatic rings. The summed E-state index contributed by atoms with van der Waals surface area (Å²) in [4.78, 5) is 14.2. The number of likely N-dealkylation sites (tertiary alicyclic amines) is 1. The van der Waals surface area contributed by atoms with Crippen molar-refractivity contribution in [3.63, 3.8) is 0 Å². The zero-order valence-corrected chi connectivity index (χ0v) is 12.5. The summed E-state index contributed by atoms with van der Waals surface area (Å²) in [6, 6.07) is 7.89. The van der Waals surface area contributed by atoms with Gasteiger partial charge in [0.15, 0.2) is 0 Å². The Balaban J connectivity index is 1.97. The lowest BCUT2D eigenvalue weighted by atomic mass is 10.0. The van der Waals surface area contributed by atoms with Crippen molar-refractivity contribution in [2.45, 2.75) is 18.9 Å². The molecule has 0 radical (unpaired) electrons. The number of ether oxygens (including phenoxy) is 1. The highest BCUT2D eigenvalue weighted by Gasteiger charge is 2.30. The van der Waals surface area contributed by atoms with Gasteiger partial charge in [-0.1, -0.05) is 29.8 Å². The number of hydrogen-bond donors (Lipinski definition) is 1. The summed E-state index contributed by atoms with van der Waals surface area (Å²) in [5, 5.41) is 3.84. The lowest BCUT2D eigenvalue weighted by Gasteiger charge is -2.26. The Kier molecular flexibility index (Phi) is 5.83. The van der Waals surface area contributed by atoms with Crippen molar-refractivity contribution in [2.24, 2.45) is 0 Å². The van der Waals surface area contributed by atoms with Gasteiger partial charge < -0.3 is 15.0 Å². The molecule has 1 unspecified atom stereocenters. The molecular weight excluding hydrogens is 276 g/mol. The maximum Gasteiger partial charge on any atom is 0.237 e. The van der Waals surface area contributed by atoms with Gasteiger partial charge in [0.25, 0.3) is 0 Å². The van der Waals surface area contributed by atoms with Crippen LogP contribution in [0.5, 0.6) is 0 Å². The van der Waals surface area contributed by atoms with Crippen LogP contribution < -0.4 is 5.32 Å². The Morgan fingerprint density at radius 3 is 3.05 bits per heavy atom. The number of carbonyl (C=O) groups excluding carboxylic acids is 1. The number of nitrogens with one attached hydrogen (secondary N) is 1. The summed E-state index contributed by atoms with van der Waals surface area (Å²) in [5.41, 5.74) is 1.05. The Morgan fingerprint density at radius 2 is 2.30 bits per heavy atom. The van der Waals surface area contributed by atoms with Gasteiger partial charge in [-0.2, -0.15) is 0 Å². The molecule has 110 valence electrons. The molecule has 0 spiro atoms. The van der Waals surface area contributed by atoms with Crippen LogP contribution in [0.1, 0.15) is 24.4 Å². The topological polar surface area (TPSA) is 41.6 Å². The molecule has 0 bridgehead atoms. The first kappa shape index (κ1) is 15.3. The minimum Gasteiger partial charge on any atom is -0.383 e. The van der Waals surface area contributed by atoms with Crippen LogP contribution >= 0.6 is 11.6 Å². The van der Waals surface area contributed by atoms with Gasteiger partial charge in [-0.05, 0) is 24.5 Å². The maximum absolute atomic E-state index is 12.3. The SMILES string of the molecule is COCCNCC(=O)N1CCCC1c1ccccc1Cl. The van der Waals surface area contributed by atoms with Crippen molar-refractivity contribution < 1.29 is 9.53 Å². The van der Waals surface area contributed by atoms with Gasteiger partial charge in [-0.15, -0.1) is 0 Å². The van der Waals surface area contributed by atoms with Crippen LogP contribution in [-0.4, -0.2) is 44.2 Å². The second-order valence-electron chi connectivity index (χ2n) is 4.94. The zero-order valence-electron chi connectivity index (χ0n) is 11.8. The van der Waals surface area contributed by atoms with Gasteiger partial charge in [0.1, 0.15) is 0 Å². The number of amides is 1. The standard InChI is InChI=1S/C15H21ClN2O2/c1-20-10-8-17-11-15(19)18-9-4-7-14(18)12-5-2-3-6-13(12)16/h2-3,5-6,14,17H,4,7-11H2,1H3. The molecule has 5 heteroatoms. The first-order valence-corrected chi connectivity index (χ1v) is 7.35. The number of rotatable bonds is 6. The molecule has 0 aromatic heterocycles. The van der Waals surface area contributed by atoms with Crippen molar-refractivity contribution in [3.8, 4) is 0 Å². The predicted molar refractivity (Wildman–Crippen MR) is 79.9 cm³/mol. The van der Waals surface area contributed by atoms with E-state index in [0.29, 0.717) is 19.7 Å². The number of benzene rings is 1. The second-order valence-corrected chi connectivity index (χ2v) is 5.34. The van der Waals surface area contributed by atoms with E-state index in [2.05, 4.69) is 5.32 Å². The number of carbonyl (C=O) groups is 1. The third kappa shape index (κ3) is 3.72. The Morgan fingerprint density at radius 1 is 1.50 bits per heavy atom.